The summed E-state index contributed by atoms with van der Waals surface area (Å²) in [7, 11) is 0. The van der Waals surface area contributed by atoms with Crippen molar-refractivity contribution in [3.05, 3.63) is 66.9 Å². The quantitative estimate of drug-likeness (QED) is 0.857. The molecule has 0 fully saturated rings. The maximum absolute atomic E-state index is 13.0. The second-order valence-corrected chi connectivity index (χ2v) is 5.43. The molecule has 1 aromatic heterocycles. The third kappa shape index (κ3) is 3.68. The van der Waals surface area contributed by atoms with Gasteiger partial charge in [0.1, 0.15) is 5.82 Å². The molecule has 0 bridgehead atoms. The second-order valence-electron chi connectivity index (χ2n) is 4.57. The molecule has 2 aromatic rings. The first-order valence-corrected chi connectivity index (χ1v) is 7.20. The van der Waals surface area contributed by atoms with E-state index in [0.29, 0.717) is 18.4 Å². The number of aromatic amines is 1. The van der Waals surface area contributed by atoms with Crippen molar-refractivity contribution in [3.8, 4) is 0 Å². The molecule has 0 aliphatic heterocycles. The topological polar surface area (TPSA) is 75.1 Å². The van der Waals surface area contributed by atoms with Gasteiger partial charge in [0.05, 0.1) is 10.5 Å². The molecule has 2 rings (SSSR count). The zero-order valence-corrected chi connectivity index (χ0v) is 12.6. The smallest absolute Gasteiger partial charge is 0.277 e. The molecule has 0 radical (unpaired) electrons. The van der Waals surface area contributed by atoms with Gasteiger partial charge in [0.25, 0.3) is 11.1 Å². The highest BCUT2D eigenvalue weighted by molar-refractivity contribution is 9.10. The number of benzene rings is 1. The Balaban J connectivity index is 2.50. The van der Waals surface area contributed by atoms with E-state index in [0.717, 1.165) is 0 Å². The number of aromatic nitrogens is 2. The van der Waals surface area contributed by atoms with Crippen molar-refractivity contribution in [1.29, 1.82) is 0 Å². The van der Waals surface area contributed by atoms with E-state index in [2.05, 4.69) is 21.0 Å². The summed E-state index contributed by atoms with van der Waals surface area (Å²) >= 11 is 3.00. The Morgan fingerprint density at radius 3 is 2.57 bits per heavy atom. The summed E-state index contributed by atoms with van der Waals surface area (Å²) in [6, 6.07) is 6.43. The minimum absolute atomic E-state index is 0.0345. The van der Waals surface area contributed by atoms with E-state index in [1.54, 1.807) is 12.1 Å². The van der Waals surface area contributed by atoms with Crippen LogP contribution in [0.3, 0.4) is 0 Å². The Labute approximate surface area is 128 Å². The number of nitrogens with zero attached hydrogens (tertiary/aromatic N) is 1. The van der Waals surface area contributed by atoms with Crippen LogP contribution in [0, 0.1) is 5.82 Å². The molecule has 0 spiro atoms. The van der Waals surface area contributed by atoms with Gasteiger partial charge in [-0.2, -0.15) is 0 Å². The van der Waals surface area contributed by atoms with Gasteiger partial charge in [-0.25, -0.2) is 9.07 Å². The van der Waals surface area contributed by atoms with Crippen LogP contribution in [0.25, 0.3) is 0 Å². The van der Waals surface area contributed by atoms with Crippen LogP contribution in [0.4, 0.5) is 4.39 Å². The van der Waals surface area contributed by atoms with Crippen LogP contribution in [-0.2, 0) is 0 Å². The summed E-state index contributed by atoms with van der Waals surface area (Å²) in [4.78, 5) is 23.7. The normalized spacial score (nSPS) is 12.3. The molecule has 7 heteroatoms. The fraction of sp³-hybridized carbons (Fsp3) is 0.286. The van der Waals surface area contributed by atoms with Gasteiger partial charge >= 0.3 is 0 Å². The van der Waals surface area contributed by atoms with Gasteiger partial charge in [-0.05, 0) is 46.5 Å². The number of H-pyrrole nitrogens is 1. The molecule has 21 heavy (non-hydrogen) atoms. The molecule has 1 heterocycles. The van der Waals surface area contributed by atoms with Gasteiger partial charge in [0.2, 0.25) is 0 Å². The highest BCUT2D eigenvalue weighted by Gasteiger charge is 2.16. The van der Waals surface area contributed by atoms with Crippen LogP contribution >= 0.6 is 15.9 Å². The van der Waals surface area contributed by atoms with E-state index in [1.165, 1.54) is 22.9 Å². The second kappa shape index (κ2) is 6.82. The lowest BCUT2D eigenvalue weighted by Crippen LogP contribution is -2.33. The van der Waals surface area contributed by atoms with Gasteiger partial charge < -0.3 is 5.11 Å². The van der Waals surface area contributed by atoms with Crippen LogP contribution in [0.2, 0.25) is 0 Å². The van der Waals surface area contributed by atoms with Gasteiger partial charge in [0.15, 0.2) is 0 Å². The Kier molecular flexibility index (Phi) is 5.08. The van der Waals surface area contributed by atoms with E-state index < -0.39 is 11.6 Å². The van der Waals surface area contributed by atoms with Crippen molar-refractivity contribution in [2.24, 2.45) is 0 Å². The molecule has 112 valence electrons. The predicted octanol–water partition coefficient (Wildman–Crippen LogP) is 1.80. The zero-order valence-electron chi connectivity index (χ0n) is 11.1. The highest BCUT2D eigenvalue weighted by Crippen LogP contribution is 2.21. The summed E-state index contributed by atoms with van der Waals surface area (Å²) in [6.45, 7) is -0.0345. The molecular weight excluding hydrogens is 343 g/mol. The summed E-state index contributed by atoms with van der Waals surface area (Å²) in [5.74, 6) is -0.378. The fourth-order valence-electron chi connectivity index (χ4n) is 2.11. The van der Waals surface area contributed by atoms with Gasteiger partial charge in [-0.1, -0.05) is 12.1 Å². The third-order valence-corrected chi connectivity index (χ3v) is 3.72. The molecule has 1 unspecified atom stereocenters. The van der Waals surface area contributed by atoms with Crippen molar-refractivity contribution < 1.29 is 9.50 Å². The summed E-state index contributed by atoms with van der Waals surface area (Å²) < 4.78 is 14.4. The van der Waals surface area contributed by atoms with Gasteiger partial charge in [-0.15, -0.1) is 0 Å². The number of aliphatic hydroxyl groups is 1. The van der Waals surface area contributed by atoms with Crippen molar-refractivity contribution in [3.63, 3.8) is 0 Å². The van der Waals surface area contributed by atoms with E-state index >= 15 is 0 Å². The van der Waals surface area contributed by atoms with E-state index in [-0.39, 0.29) is 22.5 Å². The van der Waals surface area contributed by atoms with Crippen LogP contribution in [-0.4, -0.2) is 21.5 Å². The molecule has 0 amide bonds. The van der Waals surface area contributed by atoms with Crippen molar-refractivity contribution in [2.75, 3.05) is 6.61 Å². The molecular formula is C14H14BrFN2O3. The largest absolute Gasteiger partial charge is 0.396 e. The molecule has 1 atom stereocenters. The maximum Gasteiger partial charge on any atom is 0.277 e. The van der Waals surface area contributed by atoms with E-state index in [4.69, 9.17) is 5.11 Å². The monoisotopic (exact) mass is 356 g/mol. The maximum atomic E-state index is 13.0. The average Bonchev–Trinajstić information content (AvgIpc) is 2.46. The zero-order chi connectivity index (χ0) is 15.4. The molecule has 0 aliphatic carbocycles. The van der Waals surface area contributed by atoms with Crippen LogP contribution in [0.15, 0.2) is 44.4 Å². The number of rotatable bonds is 5. The Bertz CT molecular complexity index is 724. The van der Waals surface area contributed by atoms with E-state index in [9.17, 15) is 14.0 Å². The van der Waals surface area contributed by atoms with Crippen LogP contribution in [0.5, 0.6) is 0 Å². The van der Waals surface area contributed by atoms with Crippen molar-refractivity contribution in [2.45, 2.75) is 18.9 Å². The molecule has 1 aromatic carbocycles. The number of aliphatic hydroxyl groups excluding tert-OH is 1. The Morgan fingerprint density at radius 1 is 1.29 bits per heavy atom. The van der Waals surface area contributed by atoms with Gasteiger partial charge in [0, 0.05) is 12.7 Å². The van der Waals surface area contributed by atoms with Crippen molar-refractivity contribution >= 4 is 15.9 Å². The molecule has 0 aliphatic rings. The summed E-state index contributed by atoms with van der Waals surface area (Å²) in [5.41, 5.74) is -0.121. The third-order valence-electron chi connectivity index (χ3n) is 3.13. The lowest BCUT2D eigenvalue weighted by Gasteiger charge is -2.19. The molecule has 0 saturated carbocycles. The fourth-order valence-corrected chi connectivity index (χ4v) is 2.39. The number of hydrogen-bond acceptors (Lipinski definition) is 3. The first kappa shape index (κ1) is 15.7. The average molecular weight is 357 g/mol. The standard InChI is InChI=1S/C14H14BrFN2O3/c15-11-8-13(20)18(17-14(11)21)12(2-1-7-19)9-3-5-10(16)6-4-9/h3-6,8,12,19H,1-2,7H2,(H,17,21). The van der Waals surface area contributed by atoms with Crippen molar-refractivity contribution in [1.82, 2.24) is 9.78 Å². The minimum atomic E-state index is -0.467. The number of halogens is 2. The Morgan fingerprint density at radius 2 is 1.95 bits per heavy atom. The number of hydrogen-bond donors (Lipinski definition) is 2. The van der Waals surface area contributed by atoms with Crippen LogP contribution < -0.4 is 11.1 Å². The highest BCUT2D eigenvalue weighted by atomic mass is 79.9. The predicted molar refractivity (Wildman–Crippen MR) is 79.9 cm³/mol. The Hall–Kier alpha value is -1.73. The minimum Gasteiger partial charge on any atom is -0.396 e. The lowest BCUT2D eigenvalue weighted by atomic mass is 10.0. The summed E-state index contributed by atoms with van der Waals surface area (Å²) in [6.07, 6.45) is 0.895. The first-order chi connectivity index (χ1) is 10.0. The van der Waals surface area contributed by atoms with Crippen LogP contribution in [0.1, 0.15) is 24.4 Å². The molecule has 5 nitrogen and oxygen atoms in total. The summed E-state index contributed by atoms with van der Waals surface area (Å²) in [5, 5.41) is 11.5. The van der Waals surface area contributed by atoms with E-state index in [1.807, 2.05) is 0 Å². The SMILES string of the molecule is O=c1[nH]n(C(CCCO)c2ccc(F)cc2)c(=O)cc1Br. The molecule has 2 N–H and O–H groups in total. The molecule has 0 saturated heterocycles. The number of nitrogens with one attached hydrogen (secondary N) is 1. The lowest BCUT2D eigenvalue weighted by molar-refractivity contribution is 0.272. The van der Waals surface area contributed by atoms with Gasteiger partial charge in [-0.3, -0.25) is 14.7 Å². The first-order valence-electron chi connectivity index (χ1n) is 6.40.